The van der Waals surface area contributed by atoms with Crippen LogP contribution in [0.4, 0.5) is 5.69 Å². The summed E-state index contributed by atoms with van der Waals surface area (Å²) in [4.78, 5) is 28.5. The zero-order chi connectivity index (χ0) is 20.5. The van der Waals surface area contributed by atoms with Crippen LogP contribution in [0.2, 0.25) is 5.02 Å². The molecule has 0 atom stereocenters. The van der Waals surface area contributed by atoms with Crippen LogP contribution in [-0.2, 0) is 4.79 Å². The summed E-state index contributed by atoms with van der Waals surface area (Å²) in [6.07, 6.45) is 2.35. The Hall–Kier alpha value is -3.38. The molecule has 0 aliphatic heterocycles. The third-order valence-electron chi connectivity index (χ3n) is 3.98. The van der Waals surface area contributed by atoms with E-state index in [-0.39, 0.29) is 18.2 Å². The zero-order valence-electron chi connectivity index (χ0n) is 15.6. The molecule has 0 unspecified atom stereocenters. The molecule has 3 aromatic rings. The van der Waals surface area contributed by atoms with Crippen LogP contribution in [0.1, 0.15) is 23.2 Å². The third kappa shape index (κ3) is 6.33. The van der Waals surface area contributed by atoms with Gasteiger partial charge in [-0.1, -0.05) is 29.8 Å². The Morgan fingerprint density at radius 1 is 0.966 bits per heavy atom. The van der Waals surface area contributed by atoms with Crippen molar-refractivity contribution in [3.05, 3.63) is 83.5 Å². The molecule has 0 aliphatic carbocycles. The van der Waals surface area contributed by atoms with Crippen molar-refractivity contribution in [3.8, 4) is 11.6 Å². The number of halogens is 1. The lowest BCUT2D eigenvalue weighted by Gasteiger charge is -2.11. The lowest BCUT2D eigenvalue weighted by Crippen LogP contribution is -2.25. The number of para-hydroxylation sites is 1. The summed E-state index contributed by atoms with van der Waals surface area (Å²) in [6, 6.07) is 19.3. The number of anilines is 1. The van der Waals surface area contributed by atoms with Crippen molar-refractivity contribution >= 4 is 29.1 Å². The number of aromatic nitrogens is 1. The van der Waals surface area contributed by atoms with Crippen LogP contribution in [0.3, 0.4) is 0 Å². The summed E-state index contributed by atoms with van der Waals surface area (Å²) in [5.41, 5.74) is 1.02. The maximum Gasteiger partial charge on any atom is 0.251 e. The summed E-state index contributed by atoms with van der Waals surface area (Å²) >= 11 is 5.81. The first-order chi connectivity index (χ1) is 14.1. The summed E-state index contributed by atoms with van der Waals surface area (Å²) in [6.45, 7) is 0.384. The van der Waals surface area contributed by atoms with Gasteiger partial charge >= 0.3 is 0 Å². The maximum absolute atomic E-state index is 12.2. The van der Waals surface area contributed by atoms with E-state index in [9.17, 15) is 9.59 Å². The fourth-order valence-electron chi connectivity index (χ4n) is 2.53. The molecule has 0 saturated heterocycles. The van der Waals surface area contributed by atoms with E-state index in [1.165, 1.54) is 0 Å². The van der Waals surface area contributed by atoms with E-state index in [0.717, 1.165) is 0 Å². The van der Waals surface area contributed by atoms with Gasteiger partial charge < -0.3 is 15.4 Å². The fraction of sp³-hybridized carbons (Fsp3) is 0.136. The van der Waals surface area contributed by atoms with Gasteiger partial charge in [0.25, 0.3) is 5.91 Å². The van der Waals surface area contributed by atoms with Crippen molar-refractivity contribution in [1.82, 2.24) is 10.3 Å². The van der Waals surface area contributed by atoms with Crippen molar-refractivity contribution in [2.45, 2.75) is 12.8 Å². The highest BCUT2D eigenvalue weighted by Crippen LogP contribution is 2.26. The van der Waals surface area contributed by atoms with Gasteiger partial charge in [-0.2, -0.15) is 0 Å². The first-order valence-corrected chi connectivity index (χ1v) is 9.51. The van der Waals surface area contributed by atoms with Crippen LogP contribution in [-0.4, -0.2) is 23.3 Å². The van der Waals surface area contributed by atoms with Crippen molar-refractivity contribution in [2.24, 2.45) is 0 Å². The van der Waals surface area contributed by atoms with Gasteiger partial charge in [-0.05, 0) is 55.0 Å². The van der Waals surface area contributed by atoms with Crippen molar-refractivity contribution in [3.63, 3.8) is 0 Å². The van der Waals surface area contributed by atoms with Gasteiger partial charge in [0.05, 0.1) is 0 Å². The summed E-state index contributed by atoms with van der Waals surface area (Å²) < 4.78 is 5.73. The predicted octanol–water partition coefficient (Wildman–Crippen LogP) is 4.68. The van der Waals surface area contributed by atoms with Crippen LogP contribution in [0.25, 0.3) is 0 Å². The predicted molar refractivity (Wildman–Crippen MR) is 112 cm³/mol. The Morgan fingerprint density at radius 3 is 2.48 bits per heavy atom. The number of benzene rings is 2. The number of hydrogen-bond acceptors (Lipinski definition) is 4. The number of amides is 2. The smallest absolute Gasteiger partial charge is 0.251 e. The van der Waals surface area contributed by atoms with Gasteiger partial charge in [0.15, 0.2) is 0 Å². The summed E-state index contributed by atoms with van der Waals surface area (Å²) in [7, 11) is 0. The van der Waals surface area contributed by atoms with Gasteiger partial charge in [-0.15, -0.1) is 0 Å². The molecule has 1 aromatic heterocycles. The Labute approximate surface area is 173 Å². The zero-order valence-corrected chi connectivity index (χ0v) is 16.4. The molecule has 148 valence electrons. The number of rotatable bonds is 8. The van der Waals surface area contributed by atoms with Crippen LogP contribution in [0, 0.1) is 0 Å². The molecule has 0 aliphatic rings. The Balaban J connectivity index is 1.46. The molecule has 0 bridgehead atoms. The second-order valence-corrected chi connectivity index (χ2v) is 6.62. The molecular formula is C22H20ClN3O3. The van der Waals surface area contributed by atoms with E-state index >= 15 is 0 Å². The number of carbonyl (C=O) groups excluding carboxylic acids is 2. The van der Waals surface area contributed by atoms with E-state index < -0.39 is 0 Å². The molecule has 0 saturated carbocycles. The minimum atomic E-state index is -0.201. The minimum absolute atomic E-state index is 0.184. The molecule has 6 nitrogen and oxygen atoms in total. The summed E-state index contributed by atoms with van der Waals surface area (Å²) in [5, 5.41) is 6.16. The van der Waals surface area contributed by atoms with Gasteiger partial charge in [-0.25, -0.2) is 4.98 Å². The molecular weight excluding hydrogens is 390 g/mol. The number of carbonyl (C=O) groups is 2. The van der Waals surface area contributed by atoms with E-state index in [2.05, 4.69) is 15.6 Å². The summed E-state index contributed by atoms with van der Waals surface area (Å²) in [5.74, 6) is 0.569. The Morgan fingerprint density at radius 2 is 1.72 bits per heavy atom. The highest BCUT2D eigenvalue weighted by atomic mass is 35.5. The molecule has 0 radical (unpaired) electrons. The molecule has 0 fully saturated rings. The second-order valence-electron chi connectivity index (χ2n) is 6.19. The molecule has 29 heavy (non-hydrogen) atoms. The molecule has 2 aromatic carbocycles. The normalized spacial score (nSPS) is 10.2. The molecule has 7 heteroatoms. The number of nitrogens with zero attached hydrogens (tertiary/aromatic N) is 1. The van der Waals surface area contributed by atoms with Crippen molar-refractivity contribution in [2.75, 3.05) is 11.9 Å². The molecule has 2 amide bonds. The number of pyridine rings is 1. The maximum atomic E-state index is 12.2. The number of ether oxygens (including phenoxy) is 1. The van der Waals surface area contributed by atoms with Crippen molar-refractivity contribution in [1.29, 1.82) is 0 Å². The molecule has 2 N–H and O–H groups in total. The number of hydrogen-bond donors (Lipinski definition) is 2. The quantitative estimate of drug-likeness (QED) is 0.529. The first-order valence-electron chi connectivity index (χ1n) is 9.13. The monoisotopic (exact) mass is 409 g/mol. The average Bonchev–Trinajstić information content (AvgIpc) is 2.74. The minimum Gasteiger partial charge on any atom is -0.437 e. The van der Waals surface area contributed by atoms with E-state index in [4.69, 9.17) is 16.3 Å². The SMILES string of the molecule is O=C(CCCNC(=O)c1ccc(Cl)cc1)Nc1cccnc1Oc1ccccc1. The van der Waals surface area contributed by atoms with E-state index in [1.807, 2.05) is 30.3 Å². The Kier molecular flexibility index (Phi) is 7.19. The van der Waals surface area contributed by atoms with Crippen LogP contribution >= 0.6 is 11.6 Å². The van der Waals surface area contributed by atoms with Gasteiger partial charge in [0.2, 0.25) is 11.8 Å². The third-order valence-corrected chi connectivity index (χ3v) is 4.23. The lowest BCUT2D eigenvalue weighted by atomic mass is 10.2. The van der Waals surface area contributed by atoms with Gasteiger partial charge in [-0.3, -0.25) is 9.59 Å². The number of nitrogens with one attached hydrogen (secondary N) is 2. The van der Waals surface area contributed by atoms with Crippen molar-refractivity contribution < 1.29 is 14.3 Å². The first kappa shape index (κ1) is 20.4. The molecule has 1 heterocycles. The highest BCUT2D eigenvalue weighted by Gasteiger charge is 2.10. The highest BCUT2D eigenvalue weighted by molar-refractivity contribution is 6.30. The Bertz CT molecular complexity index is 963. The van der Waals surface area contributed by atoms with E-state index in [0.29, 0.717) is 40.9 Å². The lowest BCUT2D eigenvalue weighted by molar-refractivity contribution is -0.116. The largest absolute Gasteiger partial charge is 0.437 e. The van der Waals surface area contributed by atoms with E-state index in [1.54, 1.807) is 42.6 Å². The molecule has 3 rings (SSSR count). The van der Waals surface area contributed by atoms with Gasteiger partial charge in [0, 0.05) is 29.7 Å². The van der Waals surface area contributed by atoms with Gasteiger partial charge in [0.1, 0.15) is 11.4 Å². The second kappa shape index (κ2) is 10.2. The van der Waals surface area contributed by atoms with Crippen LogP contribution in [0.15, 0.2) is 72.9 Å². The molecule has 0 spiro atoms. The fourth-order valence-corrected chi connectivity index (χ4v) is 2.66. The van der Waals surface area contributed by atoms with Crippen LogP contribution in [0.5, 0.6) is 11.6 Å². The van der Waals surface area contributed by atoms with Crippen LogP contribution < -0.4 is 15.4 Å². The topological polar surface area (TPSA) is 80.3 Å². The average molecular weight is 410 g/mol. The standard InChI is InChI=1S/C22H20ClN3O3/c23-17-12-10-16(11-13-17)21(28)24-14-5-9-20(27)26-19-8-4-15-25-22(19)29-18-6-2-1-3-7-18/h1-4,6-8,10-13,15H,5,9,14H2,(H,24,28)(H,26,27).